The van der Waals surface area contributed by atoms with Crippen molar-refractivity contribution in [1.82, 2.24) is 0 Å². The fourth-order valence-electron chi connectivity index (χ4n) is 3.68. The summed E-state index contributed by atoms with van der Waals surface area (Å²) in [4.78, 5) is 52.1. The number of nitrogens with one attached hydrogen (secondary N) is 1. The van der Waals surface area contributed by atoms with E-state index in [-0.39, 0.29) is 54.9 Å². The summed E-state index contributed by atoms with van der Waals surface area (Å²) in [6.45, 7) is 4.89. The molecule has 0 bridgehead atoms. The third-order valence-electron chi connectivity index (χ3n) is 5.21. The lowest BCUT2D eigenvalue weighted by Gasteiger charge is -2.19. The van der Waals surface area contributed by atoms with Crippen LogP contribution in [0.15, 0.2) is 22.6 Å². The molecule has 3 rings (SSSR count). The molecule has 34 heavy (non-hydrogen) atoms. The maximum atomic E-state index is 13.0. The van der Waals surface area contributed by atoms with Gasteiger partial charge in [-0.25, -0.2) is 9.59 Å². The predicted octanol–water partition coefficient (Wildman–Crippen LogP) is 3.60. The molecule has 1 fully saturated rings. The highest BCUT2D eigenvalue weighted by atomic mass is 35.5. The lowest BCUT2D eigenvalue weighted by atomic mass is 10.1. The van der Waals surface area contributed by atoms with E-state index in [1.807, 2.05) is 0 Å². The number of nitrogens with zero attached hydrogens (tertiary/aromatic N) is 1. The van der Waals surface area contributed by atoms with Crippen molar-refractivity contribution in [2.45, 2.75) is 27.2 Å². The van der Waals surface area contributed by atoms with E-state index in [1.54, 1.807) is 32.0 Å². The van der Waals surface area contributed by atoms with Crippen LogP contribution in [0.25, 0.3) is 0 Å². The lowest BCUT2D eigenvalue weighted by Crippen LogP contribution is -2.28. The molecule has 11 heteroatoms. The van der Waals surface area contributed by atoms with E-state index in [2.05, 4.69) is 5.32 Å². The first kappa shape index (κ1) is 25.1. The predicted molar refractivity (Wildman–Crippen MR) is 122 cm³/mol. The van der Waals surface area contributed by atoms with Crippen molar-refractivity contribution in [1.29, 1.82) is 0 Å². The molecule has 2 amide bonds. The van der Waals surface area contributed by atoms with Crippen molar-refractivity contribution < 1.29 is 37.8 Å². The number of ether oxygens (including phenoxy) is 3. The fourth-order valence-corrected chi connectivity index (χ4v) is 3.85. The molecule has 1 aromatic carbocycles. The third-order valence-corrected chi connectivity index (χ3v) is 5.44. The van der Waals surface area contributed by atoms with Crippen LogP contribution in [-0.4, -0.2) is 50.6 Å². The van der Waals surface area contributed by atoms with Gasteiger partial charge in [-0.2, -0.15) is 0 Å². The van der Waals surface area contributed by atoms with Gasteiger partial charge in [-0.15, -0.1) is 0 Å². The quantitative estimate of drug-likeness (QED) is 0.554. The molecule has 2 aromatic rings. The number of halogens is 1. The molecule has 0 aliphatic carbocycles. The number of esters is 2. The zero-order valence-electron chi connectivity index (χ0n) is 19.2. The Morgan fingerprint density at radius 2 is 1.79 bits per heavy atom. The lowest BCUT2D eigenvalue weighted by molar-refractivity contribution is -0.122. The minimum atomic E-state index is -0.842. The fraction of sp³-hybridized carbons (Fsp3) is 0.391. The molecule has 0 spiro atoms. The number of benzene rings is 1. The zero-order valence-corrected chi connectivity index (χ0v) is 20.0. The maximum Gasteiger partial charge on any atom is 0.344 e. The van der Waals surface area contributed by atoms with Crippen LogP contribution in [-0.2, 0) is 19.1 Å². The summed E-state index contributed by atoms with van der Waals surface area (Å²) in [5.41, 5.74) is 0.0909. The first-order valence-corrected chi connectivity index (χ1v) is 11.0. The van der Waals surface area contributed by atoms with Crippen LogP contribution in [0.1, 0.15) is 46.7 Å². The Hall–Kier alpha value is -3.53. The normalized spacial score (nSPS) is 15.3. The van der Waals surface area contributed by atoms with Gasteiger partial charge in [0, 0.05) is 18.0 Å². The summed E-state index contributed by atoms with van der Waals surface area (Å²) in [6.07, 6.45) is -0.0827. The number of hydrogen-bond donors (Lipinski definition) is 1. The third kappa shape index (κ3) is 5.01. The zero-order chi connectivity index (χ0) is 25.0. The molecular formula is C23H25ClN2O8. The minimum Gasteiger partial charge on any atom is -0.495 e. The number of anilines is 2. The Balaban J connectivity index is 1.87. The second-order valence-corrected chi connectivity index (χ2v) is 7.83. The van der Waals surface area contributed by atoms with Gasteiger partial charge in [0.2, 0.25) is 17.7 Å². The Kier molecular flexibility index (Phi) is 7.83. The van der Waals surface area contributed by atoms with Crippen molar-refractivity contribution in [3.05, 3.63) is 40.1 Å². The van der Waals surface area contributed by atoms with Gasteiger partial charge in [0.25, 0.3) is 0 Å². The monoisotopic (exact) mass is 492 g/mol. The molecule has 1 saturated heterocycles. The van der Waals surface area contributed by atoms with E-state index in [9.17, 15) is 19.2 Å². The smallest absolute Gasteiger partial charge is 0.344 e. The highest BCUT2D eigenvalue weighted by Crippen LogP contribution is 2.36. The van der Waals surface area contributed by atoms with Crippen LogP contribution in [0.5, 0.6) is 5.75 Å². The van der Waals surface area contributed by atoms with E-state index in [1.165, 1.54) is 18.9 Å². The number of hydrogen-bond acceptors (Lipinski definition) is 8. The summed E-state index contributed by atoms with van der Waals surface area (Å²) < 4.78 is 20.9. The topological polar surface area (TPSA) is 124 Å². The van der Waals surface area contributed by atoms with E-state index in [4.69, 9.17) is 30.2 Å². The number of furan rings is 1. The summed E-state index contributed by atoms with van der Waals surface area (Å²) in [6, 6.07) is 4.84. The van der Waals surface area contributed by atoms with Crippen molar-refractivity contribution in [3.8, 4) is 5.75 Å². The molecule has 0 saturated carbocycles. The van der Waals surface area contributed by atoms with Crippen LogP contribution in [0.3, 0.4) is 0 Å². The molecule has 1 unspecified atom stereocenters. The van der Waals surface area contributed by atoms with Crippen LogP contribution >= 0.6 is 11.6 Å². The van der Waals surface area contributed by atoms with Gasteiger partial charge in [-0.1, -0.05) is 11.6 Å². The van der Waals surface area contributed by atoms with Gasteiger partial charge >= 0.3 is 11.9 Å². The Bertz CT molecular complexity index is 1130. The SMILES string of the molecule is CCOC(=O)c1c(C)oc(NC(=O)C2CC(=O)N(c3cc(Cl)ccc3OC)C2)c1C(=O)OCC. The molecule has 1 atom stereocenters. The first-order valence-electron chi connectivity index (χ1n) is 10.6. The number of amides is 2. The molecule has 10 nitrogen and oxygen atoms in total. The number of methoxy groups -OCH3 is 1. The summed E-state index contributed by atoms with van der Waals surface area (Å²) in [5.74, 6) is -2.96. The van der Waals surface area contributed by atoms with Crippen molar-refractivity contribution in [3.63, 3.8) is 0 Å². The van der Waals surface area contributed by atoms with Gasteiger partial charge in [0.1, 0.15) is 22.6 Å². The van der Waals surface area contributed by atoms with Gasteiger partial charge in [-0.3, -0.25) is 14.9 Å². The van der Waals surface area contributed by atoms with Gasteiger partial charge in [-0.05, 0) is 39.0 Å². The van der Waals surface area contributed by atoms with Gasteiger partial charge in [0.15, 0.2) is 0 Å². The first-order chi connectivity index (χ1) is 16.2. The minimum absolute atomic E-state index is 0.0479. The summed E-state index contributed by atoms with van der Waals surface area (Å²) in [5, 5.41) is 2.94. The number of rotatable bonds is 8. The standard InChI is InChI=1S/C23H25ClN2O8/c1-5-32-22(29)18-12(3)34-21(19(18)23(30)33-6-2)25-20(28)13-9-17(27)26(11-13)15-10-14(24)7-8-16(15)31-4/h7-8,10,13H,5-6,9,11H2,1-4H3,(H,25,28). The van der Waals surface area contributed by atoms with Crippen molar-refractivity contribution in [2.24, 2.45) is 5.92 Å². The van der Waals surface area contributed by atoms with Gasteiger partial charge < -0.3 is 23.5 Å². The van der Waals surface area contributed by atoms with Crippen LogP contribution in [0.4, 0.5) is 11.6 Å². The molecule has 1 aromatic heterocycles. The second-order valence-electron chi connectivity index (χ2n) is 7.39. The molecule has 0 radical (unpaired) electrons. The van der Waals surface area contributed by atoms with E-state index < -0.39 is 23.8 Å². The number of carbonyl (C=O) groups is 4. The second kappa shape index (κ2) is 10.6. The molecule has 1 N–H and O–H groups in total. The number of carbonyl (C=O) groups excluding carboxylic acids is 4. The maximum absolute atomic E-state index is 13.0. The van der Waals surface area contributed by atoms with Crippen molar-refractivity contribution in [2.75, 3.05) is 37.1 Å². The average molecular weight is 493 g/mol. The van der Waals surface area contributed by atoms with E-state index >= 15 is 0 Å². The molecule has 182 valence electrons. The van der Waals surface area contributed by atoms with E-state index in [0.717, 1.165) is 0 Å². The number of aryl methyl sites for hydroxylation is 1. The molecule has 1 aliphatic heterocycles. The van der Waals surface area contributed by atoms with Crippen molar-refractivity contribution >= 4 is 46.9 Å². The molecule has 1 aliphatic rings. The Morgan fingerprint density at radius 1 is 1.15 bits per heavy atom. The van der Waals surface area contributed by atoms with Crippen LogP contribution in [0.2, 0.25) is 5.02 Å². The highest BCUT2D eigenvalue weighted by Gasteiger charge is 2.38. The summed E-state index contributed by atoms with van der Waals surface area (Å²) in [7, 11) is 1.47. The largest absolute Gasteiger partial charge is 0.495 e. The van der Waals surface area contributed by atoms with Crippen LogP contribution in [0, 0.1) is 12.8 Å². The Labute approximate surface area is 201 Å². The Morgan fingerprint density at radius 3 is 2.41 bits per heavy atom. The van der Waals surface area contributed by atoms with E-state index in [0.29, 0.717) is 16.5 Å². The molecule has 2 heterocycles. The average Bonchev–Trinajstić information content (AvgIpc) is 3.33. The summed E-state index contributed by atoms with van der Waals surface area (Å²) >= 11 is 6.08. The molecular weight excluding hydrogens is 468 g/mol. The highest BCUT2D eigenvalue weighted by molar-refractivity contribution is 6.31. The van der Waals surface area contributed by atoms with Crippen LogP contribution < -0.4 is 15.0 Å². The van der Waals surface area contributed by atoms with Gasteiger partial charge in [0.05, 0.1) is 31.9 Å².